The number of nitrogens with one attached hydrogen (secondary N) is 2. The van der Waals surface area contributed by atoms with Crippen molar-refractivity contribution in [3.63, 3.8) is 0 Å². The Bertz CT molecular complexity index is 345. The Morgan fingerprint density at radius 1 is 1.32 bits per heavy atom. The van der Waals surface area contributed by atoms with Gasteiger partial charge in [0.1, 0.15) is 0 Å². The Hall–Kier alpha value is -1.24. The molecule has 0 radical (unpaired) electrons. The lowest BCUT2D eigenvalue weighted by molar-refractivity contribution is -0.149. The van der Waals surface area contributed by atoms with Crippen molar-refractivity contribution in [3.05, 3.63) is 0 Å². The summed E-state index contributed by atoms with van der Waals surface area (Å²) in [6.07, 6.45) is 2.56. The second-order valence-corrected chi connectivity index (χ2v) is 6.28. The molecule has 110 valence electrons. The molecule has 19 heavy (non-hydrogen) atoms. The molecule has 3 N–H and O–H groups in total. The molecule has 0 heterocycles. The summed E-state index contributed by atoms with van der Waals surface area (Å²) in [5.74, 6) is -1.67. The number of rotatable bonds is 7. The molecule has 0 aliphatic rings. The molecule has 6 nitrogen and oxygen atoms in total. The van der Waals surface area contributed by atoms with Crippen LogP contribution in [0.1, 0.15) is 33.6 Å². The monoisotopic (exact) mass is 290 g/mol. The van der Waals surface area contributed by atoms with Crippen LogP contribution in [0.25, 0.3) is 0 Å². The normalized spacial score (nSPS) is 12.6. The molecule has 0 fully saturated rings. The molecular weight excluding hydrogens is 268 g/mol. The molecule has 1 unspecified atom stereocenters. The van der Waals surface area contributed by atoms with E-state index in [1.165, 1.54) is 13.8 Å². The van der Waals surface area contributed by atoms with Gasteiger partial charge in [0.05, 0.1) is 5.41 Å². The summed E-state index contributed by atoms with van der Waals surface area (Å²) >= 11 is 1.70. The van der Waals surface area contributed by atoms with Gasteiger partial charge in [-0.2, -0.15) is 11.8 Å². The van der Waals surface area contributed by atoms with Gasteiger partial charge in [-0.3, -0.25) is 14.9 Å². The van der Waals surface area contributed by atoms with Crippen molar-refractivity contribution in [2.45, 2.75) is 38.9 Å². The average Bonchev–Trinajstić information content (AvgIpc) is 2.27. The third-order valence-corrected chi connectivity index (χ3v) is 3.71. The van der Waals surface area contributed by atoms with Crippen LogP contribution in [0.3, 0.4) is 0 Å². The number of imide groups is 1. The van der Waals surface area contributed by atoms with E-state index in [0.29, 0.717) is 11.8 Å². The Morgan fingerprint density at radius 3 is 2.37 bits per heavy atom. The molecule has 0 aromatic heterocycles. The van der Waals surface area contributed by atoms with Crippen LogP contribution in [-0.4, -0.2) is 41.1 Å². The Balaban J connectivity index is 4.00. The zero-order valence-corrected chi connectivity index (χ0v) is 12.6. The lowest BCUT2D eigenvalue weighted by Gasteiger charge is -2.18. The molecule has 0 aromatic carbocycles. The summed E-state index contributed by atoms with van der Waals surface area (Å²) in [5.41, 5.74) is -1.18. The number of carbonyl (C=O) groups is 3. The van der Waals surface area contributed by atoms with Gasteiger partial charge in [-0.1, -0.05) is 6.92 Å². The fraction of sp³-hybridized carbons (Fsp3) is 0.750. The summed E-state index contributed by atoms with van der Waals surface area (Å²) in [4.78, 5) is 33.7. The molecule has 3 amide bonds. The van der Waals surface area contributed by atoms with Gasteiger partial charge in [0.25, 0.3) is 0 Å². The minimum Gasteiger partial charge on any atom is -0.481 e. The first-order valence-corrected chi connectivity index (χ1v) is 7.31. The van der Waals surface area contributed by atoms with Crippen molar-refractivity contribution < 1.29 is 19.5 Å². The maximum atomic E-state index is 11.5. The van der Waals surface area contributed by atoms with Gasteiger partial charge < -0.3 is 10.4 Å². The van der Waals surface area contributed by atoms with Crippen LogP contribution in [0.5, 0.6) is 0 Å². The van der Waals surface area contributed by atoms with Crippen molar-refractivity contribution in [1.82, 2.24) is 10.6 Å². The van der Waals surface area contributed by atoms with E-state index in [1.807, 2.05) is 13.2 Å². The molecule has 0 spiro atoms. The van der Waals surface area contributed by atoms with Crippen molar-refractivity contribution in [2.24, 2.45) is 5.41 Å². The topological polar surface area (TPSA) is 95.5 Å². The third kappa shape index (κ3) is 7.71. The van der Waals surface area contributed by atoms with Crippen molar-refractivity contribution in [2.75, 3.05) is 12.8 Å². The van der Waals surface area contributed by atoms with Crippen LogP contribution in [0, 0.1) is 5.41 Å². The number of urea groups is 1. The van der Waals surface area contributed by atoms with Gasteiger partial charge in [0.2, 0.25) is 5.91 Å². The quantitative estimate of drug-likeness (QED) is 0.659. The standard InChI is InChI=1S/C12H22N2O4S/c1-8(19-4)5-6-13-11(18)14-9(15)7-12(2,3)10(16)17/h8H,5-7H2,1-4H3,(H,16,17)(H2,13,14,15,18). The predicted octanol–water partition coefficient (Wildman–Crippen LogP) is 1.45. The second kappa shape index (κ2) is 8.04. The lowest BCUT2D eigenvalue weighted by atomic mass is 9.89. The molecule has 0 saturated carbocycles. The highest BCUT2D eigenvalue weighted by Crippen LogP contribution is 2.19. The zero-order chi connectivity index (χ0) is 15.1. The van der Waals surface area contributed by atoms with E-state index >= 15 is 0 Å². The zero-order valence-electron chi connectivity index (χ0n) is 11.8. The first-order valence-electron chi connectivity index (χ1n) is 6.03. The minimum atomic E-state index is -1.18. The molecule has 0 aromatic rings. The number of hydrogen-bond acceptors (Lipinski definition) is 4. The molecule has 1 atom stereocenters. The molecule has 0 aliphatic carbocycles. The molecule has 0 bridgehead atoms. The van der Waals surface area contributed by atoms with Crippen molar-refractivity contribution >= 4 is 29.7 Å². The highest BCUT2D eigenvalue weighted by Gasteiger charge is 2.30. The van der Waals surface area contributed by atoms with Crippen LogP contribution in [0.2, 0.25) is 0 Å². The van der Waals surface area contributed by atoms with E-state index in [-0.39, 0.29) is 6.42 Å². The van der Waals surface area contributed by atoms with Crippen LogP contribution in [0.4, 0.5) is 4.79 Å². The van der Waals surface area contributed by atoms with Crippen LogP contribution < -0.4 is 10.6 Å². The largest absolute Gasteiger partial charge is 0.481 e. The Morgan fingerprint density at radius 2 is 1.89 bits per heavy atom. The number of thioether (sulfide) groups is 1. The van der Waals surface area contributed by atoms with E-state index in [4.69, 9.17) is 5.11 Å². The van der Waals surface area contributed by atoms with Gasteiger partial charge in [-0.15, -0.1) is 0 Å². The van der Waals surface area contributed by atoms with E-state index in [0.717, 1.165) is 6.42 Å². The van der Waals surface area contributed by atoms with Gasteiger partial charge >= 0.3 is 12.0 Å². The first kappa shape index (κ1) is 17.8. The second-order valence-electron chi connectivity index (χ2n) is 5.00. The maximum Gasteiger partial charge on any atom is 0.321 e. The molecular formula is C12H22N2O4S. The number of aliphatic carboxylic acids is 1. The first-order chi connectivity index (χ1) is 8.69. The maximum absolute atomic E-state index is 11.5. The summed E-state index contributed by atoms with van der Waals surface area (Å²) in [7, 11) is 0. The van der Waals surface area contributed by atoms with E-state index < -0.39 is 23.3 Å². The Labute approximate surface area is 117 Å². The summed E-state index contributed by atoms with van der Waals surface area (Å²) in [6, 6.07) is -0.584. The SMILES string of the molecule is CSC(C)CCNC(=O)NC(=O)CC(C)(C)C(=O)O. The van der Waals surface area contributed by atoms with E-state index in [2.05, 4.69) is 10.6 Å². The third-order valence-electron chi connectivity index (χ3n) is 2.67. The number of carbonyl (C=O) groups excluding carboxylic acids is 2. The number of carboxylic acid groups (broad SMARTS) is 1. The molecule has 0 rings (SSSR count). The van der Waals surface area contributed by atoms with Gasteiger partial charge in [0.15, 0.2) is 0 Å². The van der Waals surface area contributed by atoms with E-state index in [9.17, 15) is 14.4 Å². The smallest absolute Gasteiger partial charge is 0.321 e. The van der Waals surface area contributed by atoms with Crippen molar-refractivity contribution in [3.8, 4) is 0 Å². The van der Waals surface area contributed by atoms with E-state index in [1.54, 1.807) is 11.8 Å². The van der Waals surface area contributed by atoms with Gasteiger partial charge in [-0.05, 0) is 26.5 Å². The van der Waals surface area contributed by atoms with Crippen LogP contribution in [0.15, 0.2) is 0 Å². The molecule has 0 saturated heterocycles. The number of hydrogen-bond donors (Lipinski definition) is 3. The molecule has 7 heteroatoms. The minimum absolute atomic E-state index is 0.239. The Kier molecular flexibility index (Phi) is 7.51. The summed E-state index contributed by atoms with van der Waals surface area (Å²) in [6.45, 7) is 5.40. The van der Waals surface area contributed by atoms with Gasteiger partial charge in [0, 0.05) is 18.2 Å². The average molecular weight is 290 g/mol. The fourth-order valence-corrected chi connectivity index (χ4v) is 1.55. The van der Waals surface area contributed by atoms with Crippen molar-refractivity contribution in [1.29, 1.82) is 0 Å². The highest BCUT2D eigenvalue weighted by atomic mass is 32.2. The van der Waals surface area contributed by atoms with Crippen LogP contribution in [-0.2, 0) is 9.59 Å². The number of amides is 3. The summed E-state index contributed by atoms with van der Waals surface area (Å²) in [5, 5.41) is 14.0. The lowest BCUT2D eigenvalue weighted by Crippen LogP contribution is -2.42. The molecule has 0 aliphatic heterocycles. The highest BCUT2D eigenvalue weighted by molar-refractivity contribution is 7.99. The fourth-order valence-electron chi connectivity index (χ4n) is 1.20. The van der Waals surface area contributed by atoms with Crippen LogP contribution >= 0.6 is 11.8 Å². The summed E-state index contributed by atoms with van der Waals surface area (Å²) < 4.78 is 0. The number of carboxylic acids is 1. The van der Waals surface area contributed by atoms with Gasteiger partial charge in [-0.25, -0.2) is 4.79 Å². The predicted molar refractivity (Wildman–Crippen MR) is 75.2 cm³/mol.